The van der Waals surface area contributed by atoms with Gasteiger partial charge in [-0.3, -0.25) is 43.3 Å². The van der Waals surface area contributed by atoms with E-state index in [9.17, 15) is 58.5 Å². The highest BCUT2D eigenvalue weighted by Crippen LogP contribution is 2.53. The van der Waals surface area contributed by atoms with E-state index >= 15 is 0 Å². The number of alkyl carbamates (subject to hydrolysis) is 1. The number of phenolic OH excluding ortho intramolecular Hbond substituents is 2. The van der Waals surface area contributed by atoms with Crippen molar-refractivity contribution in [3.63, 3.8) is 0 Å². The number of amides is 7. The Morgan fingerprint density at radius 3 is 2.08 bits per heavy atom. The topological polar surface area (TPSA) is 394 Å². The van der Waals surface area contributed by atoms with Crippen LogP contribution in [0.2, 0.25) is 0 Å². The summed E-state index contributed by atoms with van der Waals surface area (Å²) in [6.45, 7) is 1.20. The lowest BCUT2D eigenvalue weighted by Gasteiger charge is -2.43. The van der Waals surface area contributed by atoms with Gasteiger partial charge in [-0.2, -0.15) is 0 Å². The molecule has 5 aliphatic heterocycles. The van der Waals surface area contributed by atoms with E-state index in [0.29, 0.717) is 18.7 Å². The molecule has 0 unspecified atom stereocenters. The molecule has 10 N–H and O–H groups in total. The molecule has 8 aliphatic rings. The van der Waals surface area contributed by atoms with E-state index in [4.69, 9.17) is 47.4 Å². The monoisotopic (exact) mass is 1410 g/mol. The predicted molar refractivity (Wildman–Crippen MR) is 355 cm³/mol. The van der Waals surface area contributed by atoms with E-state index in [1.807, 2.05) is 48.5 Å². The minimum absolute atomic E-state index is 0.00192. The Morgan fingerprint density at radius 2 is 1.35 bits per heavy atom. The first-order valence-electron chi connectivity index (χ1n) is 33.9. The molecule has 0 spiro atoms. The summed E-state index contributed by atoms with van der Waals surface area (Å²) in [5, 5.41) is 55.6. The fraction of sp³-hybridized carbons (Fsp3) is 0.458. The molecule has 0 saturated carbocycles. The third-order valence-corrected chi connectivity index (χ3v) is 19.9. The summed E-state index contributed by atoms with van der Waals surface area (Å²) in [6, 6.07) is 25.9. The van der Waals surface area contributed by atoms with Crippen LogP contribution >= 0.6 is 0 Å². The molecule has 3 aliphatic carbocycles. The Balaban J connectivity index is 0.576. The quantitative estimate of drug-likeness (QED) is 0.0282. The number of aromatic hydroxyl groups is 2. The Kier molecular flexibility index (Phi) is 21.3. The first-order chi connectivity index (χ1) is 49.3. The minimum Gasteiger partial charge on any atom is -0.507 e. The molecule has 5 fully saturated rings. The summed E-state index contributed by atoms with van der Waals surface area (Å²) in [4.78, 5) is 124. The first-order valence-corrected chi connectivity index (χ1v) is 33.9. The molecule has 13 atom stereocenters. The molecule has 0 radical (unpaired) electrons. The average molecular weight is 1410 g/mol. The number of carbonyl (C=O) groups excluding carboxylic acids is 9. The molecule has 0 bridgehead atoms. The van der Waals surface area contributed by atoms with Crippen LogP contribution < -0.4 is 42.0 Å². The highest BCUT2D eigenvalue weighted by molar-refractivity contribution is 6.31. The number of hydrogen-bond donors (Lipinski definition) is 10. The van der Waals surface area contributed by atoms with E-state index in [1.165, 1.54) is 32.4 Å². The van der Waals surface area contributed by atoms with E-state index in [2.05, 4.69) is 42.1 Å². The maximum atomic E-state index is 14.8. The average Bonchev–Trinajstić information content (AvgIpc) is 1.44. The Labute approximate surface area is 585 Å². The smallest absolute Gasteiger partial charge is 0.407 e. The van der Waals surface area contributed by atoms with E-state index < -0.39 is 181 Å². The summed E-state index contributed by atoms with van der Waals surface area (Å²) in [5.41, 5.74) is 1.01. The number of hydrogen-bond acceptors (Lipinski definition) is 23. The number of ketones is 2. The van der Waals surface area contributed by atoms with Gasteiger partial charge in [-0.25, -0.2) is 4.79 Å². The van der Waals surface area contributed by atoms with Gasteiger partial charge in [-0.15, -0.1) is 0 Å². The van der Waals surface area contributed by atoms with Crippen LogP contribution in [-0.4, -0.2) is 233 Å². The van der Waals surface area contributed by atoms with Gasteiger partial charge in [0, 0.05) is 81.0 Å². The van der Waals surface area contributed by atoms with Crippen molar-refractivity contribution < 1.29 is 106 Å². The van der Waals surface area contributed by atoms with Crippen LogP contribution in [0.3, 0.4) is 0 Å². The molecule has 5 aromatic rings. The molecular weight excluding hydrogens is 1330 g/mol. The lowest BCUT2D eigenvalue weighted by atomic mass is 9.72. The van der Waals surface area contributed by atoms with E-state index in [-0.39, 0.29) is 98.8 Å². The van der Waals surface area contributed by atoms with Gasteiger partial charge in [-0.1, -0.05) is 91.0 Å². The number of rotatable bonds is 25. The molecule has 30 heteroatoms. The van der Waals surface area contributed by atoms with Crippen molar-refractivity contribution in [2.24, 2.45) is 0 Å². The van der Waals surface area contributed by atoms with Gasteiger partial charge in [0.2, 0.25) is 35.3 Å². The third kappa shape index (κ3) is 14.5. The van der Waals surface area contributed by atoms with Crippen molar-refractivity contribution in [3.8, 4) is 28.4 Å². The van der Waals surface area contributed by atoms with Gasteiger partial charge in [0.25, 0.3) is 5.91 Å². The van der Waals surface area contributed by atoms with Crippen LogP contribution in [0.1, 0.15) is 97.9 Å². The molecule has 540 valence electrons. The number of nitrogens with zero attached hydrogens (tertiary/aromatic N) is 1. The highest BCUT2D eigenvalue weighted by Gasteiger charge is 2.57. The minimum atomic E-state index is -2.44. The number of nitrogens with one attached hydrogen (secondary N) is 7. The number of phenols is 2. The molecule has 7 amide bonds. The summed E-state index contributed by atoms with van der Waals surface area (Å²) in [5.74, 6) is -7.40. The number of fused-ring (bicyclic) bond motifs is 10. The SMILES string of the molecule is COc1cccc2c1C(=O)c1c(O)c3c(c(O)c1C2=O)C[C@@](O)(C(=O)N[C@H]1CO[C@H]2[C@@H]1OC[C@@H]2NC(=O)CNC(=O)[C@H](Cc1ccccc1)NC(=O)CNC(=O)CNC(=O)CCOCCNC(=O)OCC1c2ccccc2-c2ccccc21)C[C@@H]3O[C@H]1C[C@H]2[C@H](O[C@@H]3[C@@H](OC)OCCN32)[C@H](C)O1. The summed E-state index contributed by atoms with van der Waals surface area (Å²) < 4.78 is 59.5. The summed E-state index contributed by atoms with van der Waals surface area (Å²) in [7, 11) is 2.84. The number of aliphatic hydroxyl groups is 1. The number of benzene rings is 5. The zero-order valence-electron chi connectivity index (χ0n) is 56.1. The van der Waals surface area contributed by atoms with Crippen molar-refractivity contribution in [2.45, 2.75) is 124 Å². The maximum Gasteiger partial charge on any atom is 0.407 e. The number of methoxy groups -OCH3 is 2. The molecule has 5 heterocycles. The Hall–Kier alpha value is -9.47. The van der Waals surface area contributed by atoms with Crippen molar-refractivity contribution >= 4 is 53.1 Å². The third-order valence-electron chi connectivity index (χ3n) is 19.9. The molecule has 13 rings (SSSR count). The largest absolute Gasteiger partial charge is 0.507 e. The standard InChI is InChI=1S/C72H80N8O22/c1-36-64-48(80-22-25-96-69(94-3)68(80)102-64)27-55(100-36)101-50-29-72(92,28-43-57(50)63(88)59-58(61(43)86)60(85)42-18-11-19-49(93-2)56(42)62(59)87)70(90)79-47-35-98-65-46(34-97-66(47)65)78-54(84)32-76-67(89)45(26-37-12-5-4-6-13-37)77-53(83)31-75-52(82)30-74-51(81)20-23-95-24-21-73-71(91)99-33-44-40-16-9-7-14-38(40)39-15-8-10-17-41(39)44/h4-19,36,44-48,50,55,64-66,68-69,86,88,92H,20-35H2,1-3H3,(H,73,91)(H,74,81)(H,75,82)(H,76,89)(H,77,83)(H,78,84)(H,79,90)/t36-,45-,46-,47-,48-,50-,55-,64+,65+,66+,68+,69-,72-/m0/s1. The predicted octanol–water partition coefficient (Wildman–Crippen LogP) is 0.939. The second-order valence-electron chi connectivity index (χ2n) is 26.2. The molecule has 5 saturated heterocycles. The van der Waals surface area contributed by atoms with E-state index in [1.54, 1.807) is 37.3 Å². The first kappa shape index (κ1) is 70.9. The highest BCUT2D eigenvalue weighted by atomic mass is 16.7. The van der Waals surface area contributed by atoms with Crippen LogP contribution in [0.4, 0.5) is 4.79 Å². The fourth-order valence-corrected chi connectivity index (χ4v) is 15.1. The van der Waals surface area contributed by atoms with Gasteiger partial charge in [-0.05, 0) is 40.8 Å². The summed E-state index contributed by atoms with van der Waals surface area (Å²) >= 11 is 0. The molecular formula is C72H80N8O22. The number of morpholine rings is 1. The lowest BCUT2D eigenvalue weighted by molar-refractivity contribution is -0.256. The normalized spacial score (nSPS) is 26.1. The zero-order chi connectivity index (χ0) is 71.5. The summed E-state index contributed by atoms with van der Waals surface area (Å²) in [6.07, 6.45) is -8.21. The van der Waals surface area contributed by atoms with Crippen molar-refractivity contribution in [2.75, 3.05) is 86.6 Å². The van der Waals surface area contributed by atoms with Gasteiger partial charge < -0.3 is 99.9 Å². The Morgan fingerprint density at radius 1 is 0.686 bits per heavy atom. The molecule has 30 nitrogen and oxygen atoms in total. The second-order valence-corrected chi connectivity index (χ2v) is 26.2. The zero-order valence-corrected chi connectivity index (χ0v) is 56.1. The Bertz CT molecular complexity index is 4020. The van der Waals surface area contributed by atoms with Gasteiger partial charge in [0.1, 0.15) is 53.8 Å². The van der Waals surface area contributed by atoms with Crippen molar-refractivity contribution in [1.29, 1.82) is 0 Å². The van der Waals surface area contributed by atoms with E-state index in [0.717, 1.165) is 22.3 Å². The molecule has 0 aromatic heterocycles. The van der Waals surface area contributed by atoms with Crippen LogP contribution in [0.15, 0.2) is 97.1 Å². The molecule has 102 heavy (non-hydrogen) atoms. The van der Waals surface area contributed by atoms with Crippen LogP contribution in [-0.2, 0) is 84.2 Å². The van der Waals surface area contributed by atoms with Crippen LogP contribution in [0, 0.1) is 0 Å². The number of ether oxygens (including phenoxy) is 10. The maximum absolute atomic E-state index is 14.8. The fourth-order valence-electron chi connectivity index (χ4n) is 15.1. The van der Waals surface area contributed by atoms with Gasteiger partial charge >= 0.3 is 6.09 Å². The van der Waals surface area contributed by atoms with Gasteiger partial charge in [0.15, 0.2) is 24.6 Å². The van der Waals surface area contributed by atoms with Gasteiger partial charge in [0.05, 0.1) is 101 Å². The second kappa shape index (κ2) is 30.6. The van der Waals surface area contributed by atoms with Crippen molar-refractivity contribution in [3.05, 3.63) is 147 Å². The lowest BCUT2D eigenvalue weighted by Crippen LogP contribution is -2.57. The van der Waals surface area contributed by atoms with Crippen molar-refractivity contribution in [1.82, 2.24) is 42.1 Å². The molecule has 5 aromatic carbocycles. The number of carbonyl (C=O) groups is 9. The van der Waals surface area contributed by atoms with Crippen LogP contribution in [0.25, 0.3) is 11.1 Å². The van der Waals surface area contributed by atoms with Crippen LogP contribution in [0.5, 0.6) is 17.2 Å².